The second-order valence-corrected chi connectivity index (χ2v) is 4.58. The monoisotopic (exact) mass is 235 g/mol. The Labute approximate surface area is 101 Å². The number of guanidine groups is 1. The Morgan fingerprint density at radius 1 is 1.47 bits per heavy atom. The number of nitrogens with zero attached hydrogens (tertiary/aromatic N) is 2. The van der Waals surface area contributed by atoms with Gasteiger partial charge >= 0.3 is 0 Å². The van der Waals surface area contributed by atoms with Crippen LogP contribution in [-0.2, 0) is 5.54 Å². The minimum absolute atomic E-state index is 0.194. The molecule has 0 bridgehead atoms. The molecule has 0 saturated heterocycles. The summed E-state index contributed by atoms with van der Waals surface area (Å²) in [5.74, 6) is 0.318. The number of halogens is 1. The van der Waals surface area contributed by atoms with Crippen LogP contribution in [0.1, 0.15) is 25.8 Å². The van der Waals surface area contributed by atoms with Crippen LogP contribution in [0, 0.1) is 5.82 Å². The molecule has 1 aromatic carbocycles. The van der Waals surface area contributed by atoms with E-state index in [1.807, 2.05) is 24.0 Å². The van der Waals surface area contributed by atoms with E-state index in [0.29, 0.717) is 18.1 Å². The molecule has 0 fully saturated rings. The molecule has 1 aromatic rings. The van der Waals surface area contributed by atoms with E-state index in [0.717, 1.165) is 13.0 Å². The van der Waals surface area contributed by atoms with Gasteiger partial charge in [0.15, 0.2) is 5.96 Å². The SMILES string of the molecule is CCCN1C(N)=NCC1(C)c1ccccc1F. The van der Waals surface area contributed by atoms with E-state index in [2.05, 4.69) is 11.9 Å². The highest BCUT2D eigenvalue weighted by Crippen LogP contribution is 2.34. The van der Waals surface area contributed by atoms with Crippen LogP contribution in [0.2, 0.25) is 0 Å². The average Bonchev–Trinajstić information content (AvgIpc) is 2.59. The van der Waals surface area contributed by atoms with Crippen molar-refractivity contribution in [3.8, 4) is 0 Å². The van der Waals surface area contributed by atoms with Gasteiger partial charge < -0.3 is 10.6 Å². The van der Waals surface area contributed by atoms with Crippen molar-refractivity contribution in [1.29, 1.82) is 0 Å². The molecule has 2 rings (SSSR count). The zero-order valence-electron chi connectivity index (χ0n) is 10.3. The van der Waals surface area contributed by atoms with Crippen molar-refractivity contribution in [3.63, 3.8) is 0 Å². The summed E-state index contributed by atoms with van der Waals surface area (Å²) in [5.41, 5.74) is 6.09. The summed E-state index contributed by atoms with van der Waals surface area (Å²) in [6.45, 7) is 5.37. The Bertz CT molecular complexity index is 444. The number of hydrogen-bond donors (Lipinski definition) is 1. The van der Waals surface area contributed by atoms with Gasteiger partial charge in [0, 0.05) is 12.1 Å². The van der Waals surface area contributed by atoms with E-state index in [-0.39, 0.29) is 5.82 Å². The number of aliphatic imine (C=N–C) groups is 1. The van der Waals surface area contributed by atoms with Crippen LogP contribution in [0.15, 0.2) is 29.3 Å². The fraction of sp³-hybridized carbons (Fsp3) is 0.462. The molecule has 92 valence electrons. The van der Waals surface area contributed by atoms with E-state index in [1.54, 1.807) is 6.07 Å². The summed E-state index contributed by atoms with van der Waals surface area (Å²) < 4.78 is 13.9. The minimum atomic E-state index is -0.453. The lowest BCUT2D eigenvalue weighted by Crippen LogP contribution is -2.48. The predicted octanol–water partition coefficient (Wildman–Crippen LogP) is 2.08. The minimum Gasteiger partial charge on any atom is -0.370 e. The summed E-state index contributed by atoms with van der Waals surface area (Å²) in [6.07, 6.45) is 0.959. The van der Waals surface area contributed by atoms with Gasteiger partial charge in [-0.3, -0.25) is 4.99 Å². The van der Waals surface area contributed by atoms with Gasteiger partial charge in [-0.2, -0.15) is 0 Å². The first kappa shape index (κ1) is 11.9. The van der Waals surface area contributed by atoms with Crippen LogP contribution in [0.5, 0.6) is 0 Å². The lowest BCUT2D eigenvalue weighted by molar-refractivity contribution is 0.218. The molecule has 0 aromatic heterocycles. The zero-order chi connectivity index (χ0) is 12.5. The van der Waals surface area contributed by atoms with E-state index >= 15 is 0 Å². The molecular formula is C13H18FN3. The van der Waals surface area contributed by atoms with Crippen LogP contribution in [0.25, 0.3) is 0 Å². The third-order valence-electron chi connectivity index (χ3n) is 3.32. The van der Waals surface area contributed by atoms with Gasteiger partial charge in [-0.1, -0.05) is 25.1 Å². The molecule has 0 amide bonds. The van der Waals surface area contributed by atoms with Gasteiger partial charge in [0.05, 0.1) is 12.1 Å². The third-order valence-corrected chi connectivity index (χ3v) is 3.32. The fourth-order valence-electron chi connectivity index (χ4n) is 2.37. The number of rotatable bonds is 3. The molecule has 3 nitrogen and oxygen atoms in total. The first-order valence-electron chi connectivity index (χ1n) is 5.92. The van der Waals surface area contributed by atoms with Gasteiger partial charge in [0.1, 0.15) is 5.82 Å². The molecular weight excluding hydrogens is 217 g/mol. The lowest BCUT2D eigenvalue weighted by Gasteiger charge is -2.36. The molecule has 0 saturated carbocycles. The summed E-state index contributed by atoms with van der Waals surface area (Å²) in [5, 5.41) is 0. The topological polar surface area (TPSA) is 41.6 Å². The molecule has 1 aliphatic rings. The Morgan fingerprint density at radius 2 is 2.18 bits per heavy atom. The van der Waals surface area contributed by atoms with Gasteiger partial charge in [-0.25, -0.2) is 4.39 Å². The van der Waals surface area contributed by atoms with Crippen molar-refractivity contribution in [2.24, 2.45) is 10.7 Å². The maximum absolute atomic E-state index is 13.9. The summed E-state index contributed by atoms with van der Waals surface area (Å²) in [4.78, 5) is 6.25. The molecule has 1 aliphatic heterocycles. The number of nitrogens with two attached hydrogens (primary N) is 1. The molecule has 2 N–H and O–H groups in total. The Balaban J connectivity index is 2.40. The van der Waals surface area contributed by atoms with E-state index in [9.17, 15) is 4.39 Å². The Kier molecular flexibility index (Phi) is 3.05. The van der Waals surface area contributed by atoms with E-state index in [1.165, 1.54) is 6.07 Å². The first-order valence-corrected chi connectivity index (χ1v) is 5.92. The molecule has 4 heteroatoms. The maximum atomic E-state index is 13.9. The molecule has 0 radical (unpaired) electrons. The van der Waals surface area contributed by atoms with Crippen molar-refractivity contribution < 1.29 is 4.39 Å². The standard InChI is InChI=1S/C13H18FN3/c1-3-8-17-12(15)16-9-13(17,2)10-6-4-5-7-11(10)14/h4-7H,3,8-9H2,1-2H3,(H2,15,16). The van der Waals surface area contributed by atoms with Crippen molar-refractivity contribution in [3.05, 3.63) is 35.6 Å². The summed E-state index contributed by atoms with van der Waals surface area (Å²) in [7, 11) is 0. The Hall–Kier alpha value is -1.58. The zero-order valence-corrected chi connectivity index (χ0v) is 10.3. The Morgan fingerprint density at radius 3 is 2.82 bits per heavy atom. The third kappa shape index (κ3) is 1.88. The van der Waals surface area contributed by atoms with Gasteiger partial charge in [0.25, 0.3) is 0 Å². The molecule has 1 atom stereocenters. The van der Waals surface area contributed by atoms with E-state index in [4.69, 9.17) is 5.73 Å². The second kappa shape index (κ2) is 4.35. The molecule has 17 heavy (non-hydrogen) atoms. The van der Waals surface area contributed by atoms with Gasteiger partial charge in [-0.15, -0.1) is 0 Å². The normalized spacial score (nSPS) is 23.9. The van der Waals surface area contributed by atoms with Crippen molar-refractivity contribution in [2.75, 3.05) is 13.1 Å². The highest BCUT2D eigenvalue weighted by molar-refractivity contribution is 5.81. The predicted molar refractivity (Wildman–Crippen MR) is 67.2 cm³/mol. The number of hydrogen-bond acceptors (Lipinski definition) is 3. The largest absolute Gasteiger partial charge is 0.370 e. The van der Waals surface area contributed by atoms with Crippen LogP contribution < -0.4 is 5.73 Å². The maximum Gasteiger partial charge on any atom is 0.192 e. The van der Waals surface area contributed by atoms with E-state index < -0.39 is 5.54 Å². The average molecular weight is 235 g/mol. The fourth-order valence-corrected chi connectivity index (χ4v) is 2.37. The van der Waals surface area contributed by atoms with Crippen LogP contribution in [-0.4, -0.2) is 23.9 Å². The van der Waals surface area contributed by atoms with Crippen molar-refractivity contribution in [2.45, 2.75) is 25.8 Å². The first-order chi connectivity index (χ1) is 8.09. The van der Waals surface area contributed by atoms with Crippen LogP contribution in [0.4, 0.5) is 4.39 Å². The van der Waals surface area contributed by atoms with Gasteiger partial charge in [-0.05, 0) is 19.4 Å². The van der Waals surface area contributed by atoms with Crippen molar-refractivity contribution >= 4 is 5.96 Å². The van der Waals surface area contributed by atoms with Crippen LogP contribution >= 0.6 is 0 Å². The second-order valence-electron chi connectivity index (χ2n) is 4.58. The van der Waals surface area contributed by atoms with Crippen LogP contribution in [0.3, 0.4) is 0 Å². The van der Waals surface area contributed by atoms with Crippen molar-refractivity contribution in [1.82, 2.24) is 4.90 Å². The summed E-state index contributed by atoms with van der Waals surface area (Å²) >= 11 is 0. The van der Waals surface area contributed by atoms with Gasteiger partial charge in [0.2, 0.25) is 0 Å². The lowest BCUT2D eigenvalue weighted by atomic mass is 9.90. The number of benzene rings is 1. The quantitative estimate of drug-likeness (QED) is 0.871. The molecule has 0 aliphatic carbocycles. The molecule has 1 heterocycles. The molecule has 0 spiro atoms. The summed E-state index contributed by atoms with van der Waals surface area (Å²) in [6, 6.07) is 6.85. The smallest absolute Gasteiger partial charge is 0.192 e. The highest BCUT2D eigenvalue weighted by Gasteiger charge is 2.40. The molecule has 1 unspecified atom stereocenters. The highest BCUT2D eigenvalue weighted by atomic mass is 19.1.